The Morgan fingerprint density at radius 2 is 2.20 bits per heavy atom. The van der Waals surface area contributed by atoms with Crippen LogP contribution in [0.1, 0.15) is 41.3 Å². The van der Waals surface area contributed by atoms with Crippen molar-refractivity contribution in [2.75, 3.05) is 24.5 Å². The first kappa shape index (κ1) is 17.6. The summed E-state index contributed by atoms with van der Waals surface area (Å²) in [6.07, 6.45) is 3.79. The Morgan fingerprint density at radius 1 is 1.40 bits per heavy atom. The first-order valence-corrected chi connectivity index (χ1v) is 9.21. The number of aryl methyl sites for hydroxylation is 2. The van der Waals surface area contributed by atoms with Gasteiger partial charge >= 0.3 is 6.03 Å². The summed E-state index contributed by atoms with van der Waals surface area (Å²) < 4.78 is 4.92. The van der Waals surface area contributed by atoms with E-state index in [0.29, 0.717) is 47.6 Å². The number of carbonyl (C=O) groups excluding carboxylic acids is 2. The van der Waals surface area contributed by atoms with E-state index < -0.39 is 0 Å². The Morgan fingerprint density at radius 3 is 2.88 bits per heavy atom. The molecule has 0 spiro atoms. The van der Waals surface area contributed by atoms with Crippen LogP contribution in [0.5, 0.6) is 0 Å². The molecule has 25 heavy (non-hydrogen) atoms. The minimum Gasteiger partial charge on any atom is -0.451 e. The number of ketones is 1. The molecule has 7 nitrogen and oxygen atoms in total. The molecule has 0 aromatic carbocycles. The number of thiazole rings is 1. The predicted molar refractivity (Wildman–Crippen MR) is 95.2 cm³/mol. The van der Waals surface area contributed by atoms with Crippen LogP contribution in [0, 0.1) is 12.8 Å². The fraction of sp³-hybridized carbons (Fsp3) is 0.529. The van der Waals surface area contributed by atoms with Crippen molar-refractivity contribution in [2.24, 2.45) is 5.92 Å². The largest absolute Gasteiger partial charge is 0.451 e. The van der Waals surface area contributed by atoms with Gasteiger partial charge in [-0.3, -0.25) is 9.69 Å². The molecule has 0 N–H and O–H groups in total. The van der Waals surface area contributed by atoms with Crippen molar-refractivity contribution >= 4 is 28.3 Å². The van der Waals surface area contributed by atoms with E-state index >= 15 is 0 Å². The van der Waals surface area contributed by atoms with E-state index in [-0.39, 0.29) is 11.8 Å². The third-order valence-corrected chi connectivity index (χ3v) is 5.26. The van der Waals surface area contributed by atoms with Gasteiger partial charge in [-0.1, -0.05) is 25.2 Å². The number of hydrogen-bond donors (Lipinski definition) is 0. The average Bonchev–Trinajstić information content (AvgIpc) is 3.27. The van der Waals surface area contributed by atoms with Crippen LogP contribution in [-0.4, -0.2) is 46.3 Å². The van der Waals surface area contributed by atoms with Crippen LogP contribution in [0.25, 0.3) is 0 Å². The highest BCUT2D eigenvalue weighted by atomic mass is 32.1. The molecule has 2 aromatic rings. The Kier molecular flexibility index (Phi) is 5.17. The highest BCUT2D eigenvalue weighted by molar-refractivity contribution is 7.17. The van der Waals surface area contributed by atoms with E-state index in [4.69, 9.17) is 4.42 Å². The van der Waals surface area contributed by atoms with Gasteiger partial charge < -0.3 is 9.32 Å². The van der Waals surface area contributed by atoms with E-state index in [1.165, 1.54) is 17.7 Å². The maximum Gasteiger partial charge on any atom is 0.326 e. The summed E-state index contributed by atoms with van der Waals surface area (Å²) in [5, 5.41) is 0.610. The Labute approximate surface area is 150 Å². The third-order valence-electron chi connectivity index (χ3n) is 4.04. The van der Waals surface area contributed by atoms with Crippen LogP contribution >= 0.6 is 11.3 Å². The lowest BCUT2D eigenvalue weighted by Crippen LogP contribution is -2.34. The van der Waals surface area contributed by atoms with E-state index in [1.807, 2.05) is 11.8 Å². The zero-order valence-electron chi connectivity index (χ0n) is 14.7. The van der Waals surface area contributed by atoms with Crippen molar-refractivity contribution in [1.82, 2.24) is 14.9 Å². The number of amides is 2. The van der Waals surface area contributed by atoms with E-state index in [9.17, 15) is 9.59 Å². The topological polar surface area (TPSA) is 79.5 Å². The lowest BCUT2D eigenvalue weighted by Gasteiger charge is -2.18. The minimum atomic E-state index is -0.0240. The van der Waals surface area contributed by atoms with Crippen molar-refractivity contribution < 1.29 is 14.0 Å². The highest BCUT2D eigenvalue weighted by Gasteiger charge is 2.32. The molecule has 1 aliphatic rings. The number of nitrogens with zero attached hydrogens (tertiary/aromatic N) is 4. The van der Waals surface area contributed by atoms with E-state index in [0.717, 1.165) is 12.2 Å². The van der Waals surface area contributed by atoms with Crippen LogP contribution in [-0.2, 0) is 6.42 Å². The van der Waals surface area contributed by atoms with Crippen LogP contribution in [0.4, 0.5) is 9.93 Å². The molecule has 1 aliphatic heterocycles. The van der Waals surface area contributed by atoms with Gasteiger partial charge in [-0.15, -0.1) is 0 Å². The average molecular weight is 362 g/mol. The second-order valence-electron chi connectivity index (χ2n) is 6.59. The number of carbonyl (C=O) groups is 2. The quantitative estimate of drug-likeness (QED) is 0.707. The molecule has 134 valence electrons. The molecular weight excluding hydrogens is 340 g/mol. The molecule has 1 fully saturated rings. The number of hydrogen-bond acceptors (Lipinski definition) is 6. The summed E-state index contributed by atoms with van der Waals surface area (Å²) in [6, 6.07) is -0.0240. The molecule has 0 saturated carbocycles. The zero-order chi connectivity index (χ0) is 18.0. The Balaban J connectivity index is 1.68. The molecule has 0 bridgehead atoms. The monoisotopic (exact) mass is 362 g/mol. The molecule has 3 rings (SSSR count). The van der Waals surface area contributed by atoms with E-state index in [1.54, 1.807) is 11.2 Å². The lowest BCUT2D eigenvalue weighted by molar-refractivity contribution is 0.0985. The summed E-state index contributed by atoms with van der Waals surface area (Å²) in [7, 11) is 0. The second kappa shape index (κ2) is 7.35. The minimum absolute atomic E-state index is 0.0231. The van der Waals surface area contributed by atoms with Crippen LogP contribution in [0.2, 0.25) is 0 Å². The number of Topliss-reactive ketones (excluding diaryl/α,β-unsaturated/α-hetero) is 1. The van der Waals surface area contributed by atoms with Gasteiger partial charge in [0.1, 0.15) is 6.26 Å². The van der Waals surface area contributed by atoms with Gasteiger partial charge in [0.15, 0.2) is 17.3 Å². The molecular formula is C17H22N4O3S. The summed E-state index contributed by atoms with van der Waals surface area (Å²) in [5.74, 6) is 0.450. The zero-order valence-corrected chi connectivity index (χ0v) is 15.5. The van der Waals surface area contributed by atoms with Gasteiger partial charge in [0.2, 0.25) is 0 Å². The first-order chi connectivity index (χ1) is 12.0. The number of urea groups is 1. The fourth-order valence-corrected chi connectivity index (χ4v) is 3.90. The van der Waals surface area contributed by atoms with Gasteiger partial charge in [-0.2, -0.15) is 0 Å². The van der Waals surface area contributed by atoms with Gasteiger partial charge in [-0.25, -0.2) is 14.8 Å². The van der Waals surface area contributed by atoms with E-state index in [2.05, 4.69) is 23.8 Å². The molecule has 2 aromatic heterocycles. The molecule has 0 atom stereocenters. The van der Waals surface area contributed by atoms with Crippen LogP contribution in [0.3, 0.4) is 0 Å². The number of rotatable bonds is 7. The molecule has 0 aliphatic carbocycles. The summed E-state index contributed by atoms with van der Waals surface area (Å²) >= 11 is 1.30. The standard InChI is InChI=1S/C17H22N4O3S/c1-11(2)8-20-6-7-21(17(20)23)16-19-12(3)15(25-16)14(22)5-4-13-9-24-10-18-13/h9-11H,4-8H2,1-3H3. The van der Waals surface area contributed by atoms with Crippen LogP contribution < -0.4 is 4.90 Å². The third kappa shape index (κ3) is 3.89. The van der Waals surface area contributed by atoms with Gasteiger partial charge in [0.05, 0.1) is 16.3 Å². The SMILES string of the molecule is Cc1nc(N2CCN(CC(C)C)C2=O)sc1C(=O)CCc1cocn1. The molecule has 2 amide bonds. The molecule has 3 heterocycles. The second-order valence-corrected chi connectivity index (χ2v) is 7.57. The summed E-state index contributed by atoms with van der Waals surface area (Å²) in [5.41, 5.74) is 1.44. The van der Waals surface area contributed by atoms with Crippen molar-refractivity contribution in [2.45, 2.75) is 33.6 Å². The van der Waals surface area contributed by atoms with Crippen LogP contribution in [0.15, 0.2) is 17.1 Å². The highest BCUT2D eigenvalue weighted by Crippen LogP contribution is 2.30. The molecule has 1 saturated heterocycles. The van der Waals surface area contributed by atoms with Crippen molar-refractivity contribution in [3.8, 4) is 0 Å². The van der Waals surface area contributed by atoms with Gasteiger partial charge in [-0.05, 0) is 12.8 Å². The molecule has 0 unspecified atom stereocenters. The smallest absolute Gasteiger partial charge is 0.326 e. The van der Waals surface area contributed by atoms with Gasteiger partial charge in [0.25, 0.3) is 0 Å². The number of aromatic nitrogens is 2. The maximum atomic E-state index is 12.5. The summed E-state index contributed by atoms with van der Waals surface area (Å²) in [4.78, 5) is 37.6. The molecule has 8 heteroatoms. The van der Waals surface area contributed by atoms with Crippen molar-refractivity contribution in [3.63, 3.8) is 0 Å². The normalized spacial score (nSPS) is 14.8. The first-order valence-electron chi connectivity index (χ1n) is 8.40. The maximum absolute atomic E-state index is 12.5. The fourth-order valence-electron chi connectivity index (χ4n) is 2.84. The van der Waals surface area contributed by atoms with Gasteiger partial charge in [0, 0.05) is 32.5 Å². The number of anilines is 1. The Hall–Kier alpha value is -2.22. The lowest BCUT2D eigenvalue weighted by atomic mass is 10.1. The predicted octanol–water partition coefficient (Wildman–Crippen LogP) is 3.15. The molecule has 0 radical (unpaired) electrons. The Bertz CT molecular complexity index is 754. The van der Waals surface area contributed by atoms with Crippen molar-refractivity contribution in [3.05, 3.63) is 28.9 Å². The summed E-state index contributed by atoms with van der Waals surface area (Å²) in [6.45, 7) is 8.05. The number of oxazole rings is 1. The van der Waals surface area contributed by atoms with Crippen molar-refractivity contribution in [1.29, 1.82) is 0 Å².